The van der Waals surface area contributed by atoms with Gasteiger partial charge in [-0.05, 0) is 12.8 Å². The summed E-state index contributed by atoms with van der Waals surface area (Å²) >= 11 is 0. The molecule has 0 nitrogen and oxygen atoms in total. The minimum Gasteiger partial charge on any atom is -0.101 e. The predicted octanol–water partition coefficient (Wildman–Crippen LogP) is 5.25. The first-order valence-corrected chi connectivity index (χ1v) is 8.22. The molecule has 2 aliphatic carbocycles. The van der Waals surface area contributed by atoms with Crippen LogP contribution in [0.5, 0.6) is 0 Å². The summed E-state index contributed by atoms with van der Waals surface area (Å²) in [5.41, 5.74) is 0. The predicted molar refractivity (Wildman–Crippen MR) is 86.8 cm³/mol. The topological polar surface area (TPSA) is 0 Å². The van der Waals surface area contributed by atoms with Crippen molar-refractivity contribution in [1.29, 1.82) is 0 Å². The molecule has 0 aromatic rings. The Balaban J connectivity index is 2.05. The van der Waals surface area contributed by atoms with Crippen LogP contribution in [0.1, 0.15) is 12.8 Å². The van der Waals surface area contributed by atoms with Crippen molar-refractivity contribution in [2.24, 2.45) is 0 Å². The zero-order valence-corrected chi connectivity index (χ0v) is 12.1. The number of hydrogen-bond donors (Lipinski definition) is 0. The lowest BCUT2D eigenvalue weighted by Gasteiger charge is -2.32. The van der Waals surface area contributed by atoms with E-state index in [2.05, 4.69) is 61.8 Å². The SMILES string of the molecule is C=CC1(SSC2(C=C)C=CC=CC2)C=CC=CC1. The Morgan fingerprint density at radius 1 is 0.778 bits per heavy atom. The van der Waals surface area contributed by atoms with Gasteiger partial charge in [-0.3, -0.25) is 0 Å². The van der Waals surface area contributed by atoms with Crippen molar-refractivity contribution in [1.82, 2.24) is 0 Å². The molecule has 0 aromatic carbocycles. The largest absolute Gasteiger partial charge is 0.101 e. The van der Waals surface area contributed by atoms with E-state index in [1.165, 1.54) is 0 Å². The zero-order chi connectivity index (χ0) is 12.9. The maximum absolute atomic E-state index is 3.99. The Labute approximate surface area is 118 Å². The van der Waals surface area contributed by atoms with Crippen molar-refractivity contribution in [3.8, 4) is 0 Å². The standard InChI is InChI=1S/C16H18S2/c1-3-15(11-7-5-8-12-15)17-18-16(4-2)13-9-6-10-14-16/h3-11,13H,1-2,12,14H2. The van der Waals surface area contributed by atoms with Crippen molar-refractivity contribution in [3.63, 3.8) is 0 Å². The van der Waals surface area contributed by atoms with Crippen LogP contribution in [-0.2, 0) is 0 Å². The summed E-state index contributed by atoms with van der Waals surface area (Å²) in [7, 11) is 3.76. The molecule has 0 aromatic heterocycles. The lowest BCUT2D eigenvalue weighted by molar-refractivity contribution is 0.881. The average molecular weight is 274 g/mol. The Hall–Kier alpha value is -0.860. The van der Waals surface area contributed by atoms with Gasteiger partial charge in [-0.2, -0.15) is 0 Å². The molecule has 0 N–H and O–H groups in total. The molecule has 0 heterocycles. The molecule has 2 aliphatic rings. The van der Waals surface area contributed by atoms with E-state index in [1.807, 2.05) is 33.7 Å². The van der Waals surface area contributed by atoms with Crippen molar-refractivity contribution in [2.45, 2.75) is 22.3 Å². The molecule has 2 rings (SSSR count). The summed E-state index contributed by atoms with van der Waals surface area (Å²) in [5, 5.41) is 0. The molecule has 0 aliphatic heterocycles. The highest BCUT2D eigenvalue weighted by Crippen LogP contribution is 2.50. The normalized spacial score (nSPS) is 33.6. The Kier molecular flexibility index (Phi) is 4.41. The third kappa shape index (κ3) is 2.93. The minimum absolute atomic E-state index is 0.0183. The van der Waals surface area contributed by atoms with E-state index in [-0.39, 0.29) is 9.49 Å². The highest BCUT2D eigenvalue weighted by Gasteiger charge is 2.31. The first-order chi connectivity index (χ1) is 8.74. The molecule has 94 valence electrons. The fourth-order valence-electron chi connectivity index (χ4n) is 1.88. The second-order valence-electron chi connectivity index (χ2n) is 4.47. The monoisotopic (exact) mass is 274 g/mol. The van der Waals surface area contributed by atoms with Crippen LogP contribution in [0.15, 0.2) is 73.9 Å². The zero-order valence-electron chi connectivity index (χ0n) is 10.4. The molecule has 0 radical (unpaired) electrons. The van der Waals surface area contributed by atoms with Crippen LogP contribution in [-0.4, -0.2) is 9.49 Å². The number of hydrogen-bond acceptors (Lipinski definition) is 2. The van der Waals surface area contributed by atoms with E-state index in [0.717, 1.165) is 12.8 Å². The second kappa shape index (κ2) is 5.85. The minimum atomic E-state index is 0.0183. The third-order valence-electron chi connectivity index (χ3n) is 3.17. The molecule has 0 amide bonds. The van der Waals surface area contributed by atoms with E-state index < -0.39 is 0 Å². The molecule has 2 atom stereocenters. The highest BCUT2D eigenvalue weighted by molar-refractivity contribution is 8.77. The average Bonchev–Trinajstić information content (AvgIpc) is 2.47. The summed E-state index contributed by atoms with van der Waals surface area (Å²) < 4.78 is 0.0366. The maximum atomic E-state index is 3.99. The van der Waals surface area contributed by atoms with E-state index >= 15 is 0 Å². The molecule has 0 spiro atoms. The third-order valence-corrected chi connectivity index (χ3v) is 6.92. The van der Waals surface area contributed by atoms with Gasteiger partial charge in [-0.1, -0.05) is 82.3 Å². The lowest BCUT2D eigenvalue weighted by Crippen LogP contribution is -2.22. The molecule has 0 saturated carbocycles. The van der Waals surface area contributed by atoms with Crippen LogP contribution in [0.2, 0.25) is 0 Å². The molecule has 18 heavy (non-hydrogen) atoms. The highest BCUT2D eigenvalue weighted by atomic mass is 33.1. The fraction of sp³-hybridized carbons (Fsp3) is 0.250. The van der Waals surface area contributed by atoms with Gasteiger partial charge in [0.1, 0.15) is 0 Å². The van der Waals surface area contributed by atoms with E-state index in [0.29, 0.717) is 0 Å². The van der Waals surface area contributed by atoms with Crippen LogP contribution >= 0.6 is 21.6 Å². The van der Waals surface area contributed by atoms with E-state index in [4.69, 9.17) is 0 Å². The molecular weight excluding hydrogens is 256 g/mol. The Bertz CT molecular complexity index is 400. The second-order valence-corrected chi connectivity index (χ2v) is 7.32. The van der Waals surface area contributed by atoms with Crippen LogP contribution in [0.3, 0.4) is 0 Å². The molecular formula is C16H18S2. The van der Waals surface area contributed by atoms with Crippen molar-refractivity contribution < 1.29 is 0 Å². The van der Waals surface area contributed by atoms with Gasteiger partial charge in [0.25, 0.3) is 0 Å². The summed E-state index contributed by atoms with van der Waals surface area (Å²) in [6.45, 7) is 7.98. The Morgan fingerprint density at radius 3 is 1.50 bits per heavy atom. The van der Waals surface area contributed by atoms with Crippen LogP contribution in [0.4, 0.5) is 0 Å². The number of allylic oxidation sites excluding steroid dienone is 6. The van der Waals surface area contributed by atoms with Gasteiger partial charge >= 0.3 is 0 Å². The van der Waals surface area contributed by atoms with Gasteiger partial charge in [0, 0.05) is 0 Å². The van der Waals surface area contributed by atoms with E-state index in [9.17, 15) is 0 Å². The molecule has 2 unspecified atom stereocenters. The van der Waals surface area contributed by atoms with Crippen molar-refractivity contribution in [3.05, 3.63) is 73.9 Å². The smallest absolute Gasteiger partial charge is 0.0657 e. The van der Waals surface area contributed by atoms with Gasteiger partial charge in [-0.25, -0.2) is 0 Å². The van der Waals surface area contributed by atoms with Gasteiger partial charge in [0.15, 0.2) is 0 Å². The quantitative estimate of drug-likeness (QED) is 0.496. The number of rotatable bonds is 5. The molecule has 0 saturated heterocycles. The Morgan fingerprint density at radius 2 is 1.22 bits per heavy atom. The van der Waals surface area contributed by atoms with Crippen molar-refractivity contribution in [2.75, 3.05) is 0 Å². The van der Waals surface area contributed by atoms with Crippen LogP contribution in [0, 0.1) is 0 Å². The van der Waals surface area contributed by atoms with Gasteiger partial charge in [0.2, 0.25) is 0 Å². The fourth-order valence-corrected chi connectivity index (χ4v) is 5.01. The molecule has 0 bridgehead atoms. The first-order valence-electron chi connectivity index (χ1n) is 6.07. The van der Waals surface area contributed by atoms with Gasteiger partial charge < -0.3 is 0 Å². The van der Waals surface area contributed by atoms with Gasteiger partial charge in [-0.15, -0.1) is 13.2 Å². The lowest BCUT2D eigenvalue weighted by atomic mass is 10.0. The summed E-state index contributed by atoms with van der Waals surface area (Å²) in [6.07, 6.45) is 23.4. The van der Waals surface area contributed by atoms with Crippen LogP contribution in [0.25, 0.3) is 0 Å². The summed E-state index contributed by atoms with van der Waals surface area (Å²) in [4.78, 5) is 0. The van der Waals surface area contributed by atoms with E-state index in [1.54, 1.807) is 0 Å². The van der Waals surface area contributed by atoms with Crippen molar-refractivity contribution >= 4 is 21.6 Å². The molecule has 2 heteroatoms. The maximum Gasteiger partial charge on any atom is 0.0657 e. The molecule has 0 fully saturated rings. The summed E-state index contributed by atoms with van der Waals surface area (Å²) in [6, 6.07) is 0. The van der Waals surface area contributed by atoms with Gasteiger partial charge in [0.05, 0.1) is 9.49 Å². The van der Waals surface area contributed by atoms with Crippen LogP contribution < -0.4 is 0 Å². The first kappa shape index (κ1) is 13.6. The summed E-state index contributed by atoms with van der Waals surface area (Å²) in [5.74, 6) is 0.